The molecule has 2 heterocycles. The monoisotopic (exact) mass is 411 g/mol. The number of piperidine rings is 1. The first kappa shape index (κ1) is 19.8. The van der Waals surface area contributed by atoms with Crippen LogP contribution in [0.2, 0.25) is 5.02 Å². The van der Waals surface area contributed by atoms with Gasteiger partial charge in [-0.3, -0.25) is 4.79 Å². The molecule has 1 fully saturated rings. The number of phenolic OH excluding ortho intramolecular Hbond substituents is 2. The number of likely N-dealkylation sites (tertiary alicyclic amines) is 1. The van der Waals surface area contributed by atoms with Crippen LogP contribution in [0.25, 0.3) is 22.3 Å². The molecule has 0 amide bonds. The fourth-order valence-electron chi connectivity index (χ4n) is 3.93. The zero-order chi connectivity index (χ0) is 20.9. The fourth-order valence-corrected chi connectivity index (χ4v) is 4.16. The normalized spacial score (nSPS) is 22.8. The molecule has 148 valence electrons. The molecule has 6 nitrogen and oxygen atoms in total. The summed E-state index contributed by atoms with van der Waals surface area (Å²) in [5, 5.41) is 30.6. The molecule has 2 atom stereocenters. The highest BCUT2D eigenvalue weighted by atomic mass is 35.5. The van der Waals surface area contributed by atoms with Crippen molar-refractivity contribution >= 4 is 30.4 Å². The number of phenols is 2. The van der Waals surface area contributed by atoms with Gasteiger partial charge in [0.15, 0.2) is 5.43 Å². The Labute approximate surface area is 173 Å². The number of hydrogen-bond donors (Lipinski definition) is 3. The molecule has 1 aliphatic heterocycles. The van der Waals surface area contributed by atoms with Gasteiger partial charge in [-0.1, -0.05) is 23.7 Å². The van der Waals surface area contributed by atoms with E-state index in [1.165, 1.54) is 6.07 Å². The summed E-state index contributed by atoms with van der Waals surface area (Å²) in [5.74, 6) is -0.599. The SMILES string of the molecule is [B]C1(c2c(O)cc(O)c3c(=O)cc(-c4ccccc4Cl)oc23)CCN(C)CC1O. The summed E-state index contributed by atoms with van der Waals surface area (Å²) >= 11 is 6.25. The number of hydrogen-bond acceptors (Lipinski definition) is 6. The van der Waals surface area contributed by atoms with Crippen molar-refractivity contribution in [1.82, 2.24) is 4.90 Å². The predicted octanol–water partition coefficient (Wildman–Crippen LogP) is 2.58. The Morgan fingerprint density at radius 3 is 2.66 bits per heavy atom. The summed E-state index contributed by atoms with van der Waals surface area (Å²) in [6.45, 7) is 0.858. The number of halogens is 1. The summed E-state index contributed by atoms with van der Waals surface area (Å²) in [6, 6.07) is 9.14. The Kier molecular flexibility index (Phi) is 4.85. The summed E-state index contributed by atoms with van der Waals surface area (Å²) in [4.78, 5) is 14.8. The van der Waals surface area contributed by atoms with Crippen LogP contribution >= 0.6 is 11.6 Å². The van der Waals surface area contributed by atoms with Crippen LogP contribution in [0.3, 0.4) is 0 Å². The van der Waals surface area contributed by atoms with E-state index in [-0.39, 0.29) is 34.6 Å². The average molecular weight is 412 g/mol. The standard InChI is InChI=1S/C21H19BClNO5/c1-24-7-6-21(22,17(28)10-24)19-15(27)8-13(25)18-14(26)9-16(29-20(18)19)11-4-2-3-5-12(11)23/h2-5,8-9,17,25,27-28H,6-7,10H2,1H3. The Bertz CT molecular complexity index is 1160. The Balaban J connectivity index is 2.05. The third kappa shape index (κ3) is 3.19. The first-order valence-electron chi connectivity index (χ1n) is 9.16. The number of rotatable bonds is 2. The fraction of sp³-hybridized carbons (Fsp3) is 0.286. The number of aliphatic hydroxyl groups is 1. The molecule has 0 bridgehead atoms. The molecule has 0 aliphatic carbocycles. The second kappa shape index (κ2) is 7.09. The maximum Gasteiger partial charge on any atom is 0.197 e. The second-order valence-electron chi connectivity index (χ2n) is 7.52. The van der Waals surface area contributed by atoms with E-state index >= 15 is 0 Å². The summed E-state index contributed by atoms with van der Waals surface area (Å²) in [5.41, 5.74) is 0.0100. The van der Waals surface area contributed by atoms with Crippen LogP contribution in [-0.4, -0.2) is 54.3 Å². The Morgan fingerprint density at radius 2 is 1.97 bits per heavy atom. The van der Waals surface area contributed by atoms with Crippen LogP contribution in [-0.2, 0) is 5.31 Å². The first-order valence-corrected chi connectivity index (χ1v) is 9.54. The van der Waals surface area contributed by atoms with E-state index in [0.717, 1.165) is 6.07 Å². The second-order valence-corrected chi connectivity index (χ2v) is 7.92. The van der Waals surface area contributed by atoms with Crippen molar-refractivity contribution in [1.29, 1.82) is 0 Å². The van der Waals surface area contributed by atoms with Crippen LogP contribution in [0, 0.1) is 0 Å². The molecule has 0 spiro atoms. The molecule has 1 aliphatic rings. The van der Waals surface area contributed by atoms with Crippen LogP contribution in [0.4, 0.5) is 0 Å². The predicted molar refractivity (Wildman–Crippen MR) is 112 cm³/mol. The molecule has 1 aromatic heterocycles. The minimum absolute atomic E-state index is 0.0592. The molecule has 2 unspecified atom stereocenters. The van der Waals surface area contributed by atoms with Crippen LogP contribution in [0.1, 0.15) is 12.0 Å². The molecule has 2 radical (unpaired) electrons. The van der Waals surface area contributed by atoms with Gasteiger partial charge in [-0.2, -0.15) is 0 Å². The minimum Gasteiger partial charge on any atom is -0.507 e. The number of aromatic hydroxyl groups is 2. The summed E-state index contributed by atoms with van der Waals surface area (Å²) in [6.07, 6.45) is -0.702. The van der Waals surface area contributed by atoms with Crippen molar-refractivity contribution in [2.75, 3.05) is 20.1 Å². The van der Waals surface area contributed by atoms with Crippen LogP contribution in [0.5, 0.6) is 11.5 Å². The van der Waals surface area contributed by atoms with Gasteiger partial charge in [0.1, 0.15) is 28.2 Å². The smallest absolute Gasteiger partial charge is 0.197 e. The van der Waals surface area contributed by atoms with Crippen molar-refractivity contribution in [3.8, 4) is 22.8 Å². The lowest BCUT2D eigenvalue weighted by Crippen LogP contribution is -2.53. The first-order chi connectivity index (χ1) is 13.7. The zero-order valence-corrected chi connectivity index (χ0v) is 16.5. The average Bonchev–Trinajstić information content (AvgIpc) is 2.65. The molecule has 8 heteroatoms. The molecule has 1 saturated heterocycles. The lowest BCUT2D eigenvalue weighted by molar-refractivity contribution is 0.0447. The molecule has 4 rings (SSSR count). The van der Waals surface area contributed by atoms with Crippen molar-refractivity contribution in [3.05, 3.63) is 57.2 Å². The number of fused-ring (bicyclic) bond motifs is 1. The molecule has 0 saturated carbocycles. The van der Waals surface area contributed by atoms with Crippen molar-refractivity contribution < 1.29 is 19.7 Å². The zero-order valence-electron chi connectivity index (χ0n) is 15.7. The van der Waals surface area contributed by atoms with Crippen LogP contribution in [0.15, 0.2) is 45.6 Å². The van der Waals surface area contributed by atoms with Gasteiger partial charge in [-0.25, -0.2) is 0 Å². The summed E-state index contributed by atoms with van der Waals surface area (Å²) in [7, 11) is 8.42. The van der Waals surface area contributed by atoms with Gasteiger partial charge in [-0.15, -0.1) is 0 Å². The summed E-state index contributed by atoms with van der Waals surface area (Å²) < 4.78 is 5.99. The lowest BCUT2D eigenvalue weighted by Gasteiger charge is -2.43. The Morgan fingerprint density at radius 1 is 1.24 bits per heavy atom. The lowest BCUT2D eigenvalue weighted by atomic mass is 9.56. The topological polar surface area (TPSA) is 94.1 Å². The van der Waals surface area contributed by atoms with E-state index in [9.17, 15) is 20.1 Å². The van der Waals surface area contributed by atoms with E-state index in [1.807, 2.05) is 11.9 Å². The molecule has 29 heavy (non-hydrogen) atoms. The highest BCUT2D eigenvalue weighted by Gasteiger charge is 2.42. The van der Waals surface area contributed by atoms with E-state index in [4.69, 9.17) is 23.9 Å². The van der Waals surface area contributed by atoms with Gasteiger partial charge in [0, 0.05) is 29.8 Å². The third-order valence-electron chi connectivity index (χ3n) is 5.55. The van der Waals surface area contributed by atoms with E-state index < -0.39 is 22.6 Å². The largest absolute Gasteiger partial charge is 0.507 e. The highest BCUT2D eigenvalue weighted by Crippen LogP contribution is 2.45. The van der Waals surface area contributed by atoms with Gasteiger partial charge in [0.2, 0.25) is 0 Å². The maximum atomic E-state index is 12.8. The molecule has 3 aromatic rings. The van der Waals surface area contributed by atoms with E-state index in [2.05, 4.69) is 0 Å². The molecule has 2 aromatic carbocycles. The quantitative estimate of drug-likeness (QED) is 0.561. The molecule has 3 N–H and O–H groups in total. The van der Waals surface area contributed by atoms with E-state index in [1.54, 1.807) is 24.3 Å². The number of nitrogens with zero attached hydrogens (tertiary/aromatic N) is 1. The van der Waals surface area contributed by atoms with Gasteiger partial charge in [0.25, 0.3) is 0 Å². The van der Waals surface area contributed by atoms with Crippen LogP contribution < -0.4 is 5.43 Å². The number of β-amino-alcohol motifs (C(OH)–C–C–N with tert-alkyl or cyclic N) is 1. The van der Waals surface area contributed by atoms with E-state index in [0.29, 0.717) is 23.6 Å². The Hall–Kier alpha value is -2.48. The number of likely N-dealkylation sites (N-methyl/N-ethyl adjacent to an activating group) is 1. The van der Waals surface area contributed by atoms with Crippen molar-refractivity contribution in [3.63, 3.8) is 0 Å². The van der Waals surface area contributed by atoms with Gasteiger partial charge in [0.05, 0.1) is 19.0 Å². The van der Waals surface area contributed by atoms with Gasteiger partial charge < -0.3 is 24.6 Å². The van der Waals surface area contributed by atoms with Crippen molar-refractivity contribution in [2.45, 2.75) is 17.8 Å². The molecular weight excluding hydrogens is 392 g/mol. The highest BCUT2D eigenvalue weighted by molar-refractivity contribution is 6.33. The maximum absolute atomic E-state index is 12.8. The minimum atomic E-state index is -1.36. The molecular formula is C21H19BClNO5. The third-order valence-corrected chi connectivity index (χ3v) is 5.88. The van der Waals surface area contributed by atoms with Crippen molar-refractivity contribution in [2.24, 2.45) is 0 Å². The number of benzene rings is 2. The number of aliphatic hydroxyl groups excluding tert-OH is 1. The van der Waals surface area contributed by atoms with Gasteiger partial charge in [-0.05, 0) is 37.5 Å². The van der Waals surface area contributed by atoms with Gasteiger partial charge >= 0.3 is 0 Å².